The highest BCUT2D eigenvalue weighted by Crippen LogP contribution is 2.30. The number of aromatic hydroxyl groups is 1. The summed E-state index contributed by atoms with van der Waals surface area (Å²) in [5.41, 5.74) is 1.15. The van der Waals surface area contributed by atoms with Crippen LogP contribution in [0.3, 0.4) is 0 Å². The number of carbonyl (C=O) groups excluding carboxylic acids is 2. The second-order valence-electron chi connectivity index (χ2n) is 6.70. The van der Waals surface area contributed by atoms with E-state index in [9.17, 15) is 14.7 Å². The van der Waals surface area contributed by atoms with Crippen molar-refractivity contribution in [1.82, 2.24) is 4.90 Å². The van der Waals surface area contributed by atoms with Crippen LogP contribution in [0.1, 0.15) is 45.5 Å². The number of ether oxygens (including phenoxy) is 1. The van der Waals surface area contributed by atoms with Crippen LogP contribution in [0.4, 0.5) is 0 Å². The molecule has 1 fully saturated rings. The topological polar surface area (TPSA) is 66.8 Å². The lowest BCUT2D eigenvalue weighted by molar-refractivity contribution is 0.0526. The van der Waals surface area contributed by atoms with Crippen molar-refractivity contribution in [1.29, 1.82) is 0 Å². The molecule has 1 aliphatic heterocycles. The van der Waals surface area contributed by atoms with E-state index >= 15 is 0 Å². The molecule has 0 saturated carbocycles. The Morgan fingerprint density at radius 1 is 1.32 bits per heavy atom. The van der Waals surface area contributed by atoms with Gasteiger partial charge in [0.25, 0.3) is 5.91 Å². The standard InChI is InChI=1S/C22H22ClNO4/c1-2-18-20(26)7-5-8-21(18)28-14-17-6-3-4-11-24(17)22(27)19-12-16(23)10-9-15(19)13-25/h2,5,7-10,12-13,17,26H,1,3-4,6,11,14H2/t17-/m0/s1. The minimum Gasteiger partial charge on any atom is -0.507 e. The lowest BCUT2D eigenvalue weighted by atomic mass is 9.99. The van der Waals surface area contributed by atoms with Crippen LogP contribution in [0, 0.1) is 0 Å². The molecule has 0 bridgehead atoms. The van der Waals surface area contributed by atoms with Gasteiger partial charge in [0.05, 0.1) is 17.2 Å². The zero-order valence-corrected chi connectivity index (χ0v) is 16.2. The van der Waals surface area contributed by atoms with Crippen molar-refractivity contribution in [2.75, 3.05) is 13.2 Å². The molecule has 0 aliphatic carbocycles. The minimum absolute atomic E-state index is 0.0960. The van der Waals surface area contributed by atoms with Gasteiger partial charge in [0.2, 0.25) is 0 Å². The number of carbonyl (C=O) groups is 2. The first-order chi connectivity index (χ1) is 13.5. The zero-order valence-electron chi connectivity index (χ0n) is 15.4. The van der Waals surface area contributed by atoms with E-state index in [4.69, 9.17) is 16.3 Å². The fraction of sp³-hybridized carbons (Fsp3) is 0.273. The molecule has 0 spiro atoms. The summed E-state index contributed by atoms with van der Waals surface area (Å²) in [5, 5.41) is 10.4. The van der Waals surface area contributed by atoms with Gasteiger partial charge in [0, 0.05) is 17.1 Å². The largest absolute Gasteiger partial charge is 0.507 e. The molecule has 1 saturated heterocycles. The highest BCUT2D eigenvalue weighted by atomic mass is 35.5. The van der Waals surface area contributed by atoms with Crippen LogP contribution >= 0.6 is 11.6 Å². The van der Waals surface area contributed by atoms with E-state index in [-0.39, 0.29) is 24.3 Å². The molecule has 0 aromatic heterocycles. The van der Waals surface area contributed by atoms with Gasteiger partial charge in [0.15, 0.2) is 6.29 Å². The van der Waals surface area contributed by atoms with Crippen LogP contribution in [0.25, 0.3) is 6.08 Å². The van der Waals surface area contributed by atoms with Crippen LogP contribution in [0.15, 0.2) is 43.0 Å². The first-order valence-electron chi connectivity index (χ1n) is 9.18. The third-order valence-electron chi connectivity index (χ3n) is 4.94. The Hall–Kier alpha value is -2.79. The fourth-order valence-corrected chi connectivity index (χ4v) is 3.63. The number of hydrogen-bond donors (Lipinski definition) is 1. The van der Waals surface area contributed by atoms with Gasteiger partial charge in [-0.05, 0) is 49.6 Å². The number of amides is 1. The Labute approximate surface area is 169 Å². The Bertz CT molecular complexity index is 896. The second-order valence-corrected chi connectivity index (χ2v) is 7.14. The average molecular weight is 400 g/mol. The molecule has 1 heterocycles. The Kier molecular flexibility index (Phi) is 6.37. The molecular weight excluding hydrogens is 378 g/mol. The van der Waals surface area contributed by atoms with Crippen LogP contribution in [-0.2, 0) is 0 Å². The number of benzene rings is 2. The van der Waals surface area contributed by atoms with Crippen LogP contribution < -0.4 is 4.74 Å². The van der Waals surface area contributed by atoms with E-state index in [1.807, 2.05) is 0 Å². The van der Waals surface area contributed by atoms with Crippen LogP contribution in [-0.4, -0.2) is 41.4 Å². The van der Waals surface area contributed by atoms with Crippen LogP contribution in [0.2, 0.25) is 5.02 Å². The van der Waals surface area contributed by atoms with Gasteiger partial charge in [0.1, 0.15) is 18.1 Å². The summed E-state index contributed by atoms with van der Waals surface area (Å²) in [5.74, 6) is 0.390. The quantitative estimate of drug-likeness (QED) is 0.722. The summed E-state index contributed by atoms with van der Waals surface area (Å²) in [6.07, 6.45) is 4.88. The number of rotatable bonds is 6. The summed E-state index contributed by atoms with van der Waals surface area (Å²) in [7, 11) is 0. The van der Waals surface area contributed by atoms with Crippen molar-refractivity contribution in [3.05, 3.63) is 64.7 Å². The predicted octanol–water partition coefficient (Wildman–Crippen LogP) is 4.57. The Morgan fingerprint density at radius 3 is 2.89 bits per heavy atom. The van der Waals surface area contributed by atoms with Gasteiger partial charge in [-0.2, -0.15) is 0 Å². The molecule has 3 rings (SSSR count). The van der Waals surface area contributed by atoms with E-state index in [2.05, 4.69) is 6.58 Å². The molecule has 1 aliphatic rings. The highest BCUT2D eigenvalue weighted by Gasteiger charge is 2.29. The number of hydrogen-bond acceptors (Lipinski definition) is 4. The molecule has 1 N–H and O–H groups in total. The third kappa shape index (κ3) is 4.20. The van der Waals surface area contributed by atoms with Crippen molar-refractivity contribution in [2.24, 2.45) is 0 Å². The number of aldehydes is 1. The summed E-state index contributed by atoms with van der Waals surface area (Å²) in [6.45, 7) is 4.58. The average Bonchev–Trinajstić information content (AvgIpc) is 2.72. The monoisotopic (exact) mass is 399 g/mol. The predicted molar refractivity (Wildman–Crippen MR) is 109 cm³/mol. The van der Waals surface area contributed by atoms with Gasteiger partial charge in [-0.15, -0.1) is 0 Å². The molecule has 0 radical (unpaired) electrons. The zero-order chi connectivity index (χ0) is 20.1. The first kappa shape index (κ1) is 20.0. The molecule has 146 valence electrons. The van der Waals surface area contributed by atoms with E-state index in [0.717, 1.165) is 19.3 Å². The maximum Gasteiger partial charge on any atom is 0.255 e. The summed E-state index contributed by atoms with van der Waals surface area (Å²) in [6, 6.07) is 9.57. The number of piperidine rings is 1. The summed E-state index contributed by atoms with van der Waals surface area (Å²) in [4.78, 5) is 26.2. The summed E-state index contributed by atoms with van der Waals surface area (Å²) >= 11 is 6.04. The maximum atomic E-state index is 13.1. The van der Waals surface area contributed by atoms with Crippen molar-refractivity contribution < 1.29 is 19.4 Å². The number of phenolic OH excluding ortho intramolecular Hbond substituents is 1. The van der Waals surface area contributed by atoms with E-state index in [1.165, 1.54) is 12.1 Å². The molecule has 2 aromatic carbocycles. The molecule has 2 aromatic rings. The first-order valence-corrected chi connectivity index (χ1v) is 9.56. The van der Waals surface area contributed by atoms with E-state index < -0.39 is 0 Å². The van der Waals surface area contributed by atoms with Crippen molar-refractivity contribution in [2.45, 2.75) is 25.3 Å². The number of halogens is 1. The van der Waals surface area contributed by atoms with Gasteiger partial charge in [-0.25, -0.2) is 0 Å². The van der Waals surface area contributed by atoms with Crippen molar-refractivity contribution in [3.8, 4) is 11.5 Å². The molecule has 6 heteroatoms. The fourth-order valence-electron chi connectivity index (χ4n) is 3.46. The van der Waals surface area contributed by atoms with Gasteiger partial charge < -0.3 is 14.7 Å². The minimum atomic E-state index is -0.224. The van der Waals surface area contributed by atoms with Gasteiger partial charge in [-0.3, -0.25) is 9.59 Å². The molecule has 0 unspecified atom stereocenters. The highest BCUT2D eigenvalue weighted by molar-refractivity contribution is 6.31. The normalized spacial score (nSPS) is 16.5. The summed E-state index contributed by atoms with van der Waals surface area (Å²) < 4.78 is 5.92. The van der Waals surface area contributed by atoms with Crippen molar-refractivity contribution >= 4 is 29.9 Å². The lowest BCUT2D eigenvalue weighted by Gasteiger charge is -2.36. The van der Waals surface area contributed by atoms with Gasteiger partial charge in [-0.1, -0.05) is 30.3 Å². The molecular formula is C22H22ClNO4. The number of likely N-dealkylation sites (tertiary alicyclic amines) is 1. The third-order valence-corrected chi connectivity index (χ3v) is 5.17. The van der Waals surface area contributed by atoms with Crippen molar-refractivity contribution in [3.63, 3.8) is 0 Å². The molecule has 28 heavy (non-hydrogen) atoms. The number of nitrogens with zero attached hydrogens (tertiary/aromatic N) is 1. The molecule has 5 nitrogen and oxygen atoms in total. The Morgan fingerprint density at radius 2 is 2.14 bits per heavy atom. The molecule has 1 atom stereocenters. The van der Waals surface area contributed by atoms with E-state index in [1.54, 1.807) is 35.2 Å². The van der Waals surface area contributed by atoms with Crippen LogP contribution in [0.5, 0.6) is 11.5 Å². The Balaban J connectivity index is 1.81. The van der Waals surface area contributed by atoms with E-state index in [0.29, 0.717) is 40.3 Å². The smallest absolute Gasteiger partial charge is 0.255 e. The lowest BCUT2D eigenvalue weighted by Crippen LogP contribution is -2.47. The second kappa shape index (κ2) is 8.93. The van der Waals surface area contributed by atoms with Gasteiger partial charge >= 0.3 is 0 Å². The molecule has 1 amide bonds. The SMILES string of the molecule is C=Cc1c(O)cccc1OC[C@@H]1CCCCN1C(=O)c1cc(Cl)ccc1C=O. The maximum absolute atomic E-state index is 13.1. The number of phenols is 1.